The number of primary amides is 1. The second-order valence-corrected chi connectivity index (χ2v) is 3.45. The molecule has 2 rings (SSSR count). The third kappa shape index (κ3) is 1.19. The highest BCUT2D eigenvalue weighted by Crippen LogP contribution is 2.31. The number of carbonyl (C=O) groups is 1. The lowest BCUT2D eigenvalue weighted by molar-refractivity contribution is -0.141. The second kappa shape index (κ2) is 3.06. The molecule has 0 aliphatic carbocycles. The van der Waals surface area contributed by atoms with Crippen molar-refractivity contribution >= 4 is 5.91 Å². The maximum atomic E-state index is 12.7. The molecule has 0 bridgehead atoms. The van der Waals surface area contributed by atoms with Gasteiger partial charge in [-0.1, -0.05) is 12.1 Å². The average Bonchev–Trinajstić information content (AvgIpc) is 2.05. The fourth-order valence-corrected chi connectivity index (χ4v) is 1.53. The quantitative estimate of drug-likeness (QED) is 0.750. The smallest absolute Gasteiger partial charge is 0.232 e. The highest BCUT2D eigenvalue weighted by Gasteiger charge is 2.45. The number of hydrogen-bond donors (Lipinski definition) is 1. The molecule has 1 heterocycles. The van der Waals surface area contributed by atoms with Crippen molar-refractivity contribution in [1.82, 2.24) is 0 Å². The number of benzene rings is 1. The Morgan fingerprint density at radius 1 is 1.36 bits per heavy atom. The first-order chi connectivity index (χ1) is 6.65. The summed E-state index contributed by atoms with van der Waals surface area (Å²) < 4.78 is 17.6. The molecular formula is C10H10FNO2. The molecular weight excluding hydrogens is 185 g/mol. The Morgan fingerprint density at radius 3 is 2.29 bits per heavy atom. The Morgan fingerprint density at radius 2 is 1.93 bits per heavy atom. The maximum Gasteiger partial charge on any atom is 0.232 e. The van der Waals surface area contributed by atoms with E-state index in [0.717, 1.165) is 5.56 Å². The summed E-state index contributed by atoms with van der Waals surface area (Å²) in [6.45, 7) is 0.571. The van der Waals surface area contributed by atoms with Crippen LogP contribution in [0.3, 0.4) is 0 Å². The van der Waals surface area contributed by atoms with Crippen LogP contribution in [0.2, 0.25) is 0 Å². The van der Waals surface area contributed by atoms with Crippen LogP contribution in [0.25, 0.3) is 0 Å². The van der Waals surface area contributed by atoms with E-state index in [9.17, 15) is 9.18 Å². The monoisotopic (exact) mass is 195 g/mol. The molecule has 0 spiro atoms. The van der Waals surface area contributed by atoms with E-state index in [2.05, 4.69) is 0 Å². The van der Waals surface area contributed by atoms with Crippen molar-refractivity contribution in [2.24, 2.45) is 5.73 Å². The summed E-state index contributed by atoms with van der Waals surface area (Å²) in [5, 5.41) is 0. The van der Waals surface area contributed by atoms with Crippen LogP contribution < -0.4 is 5.73 Å². The Bertz CT molecular complexity index is 357. The van der Waals surface area contributed by atoms with Crippen molar-refractivity contribution < 1.29 is 13.9 Å². The van der Waals surface area contributed by atoms with E-state index < -0.39 is 11.3 Å². The lowest BCUT2D eigenvalue weighted by Gasteiger charge is -2.38. The number of ether oxygens (including phenoxy) is 1. The second-order valence-electron chi connectivity index (χ2n) is 3.45. The van der Waals surface area contributed by atoms with Crippen molar-refractivity contribution in [3.05, 3.63) is 35.6 Å². The van der Waals surface area contributed by atoms with Crippen molar-refractivity contribution in [1.29, 1.82) is 0 Å². The summed E-state index contributed by atoms with van der Waals surface area (Å²) >= 11 is 0. The van der Waals surface area contributed by atoms with Crippen LogP contribution in [0.4, 0.5) is 4.39 Å². The fourth-order valence-electron chi connectivity index (χ4n) is 1.53. The van der Waals surface area contributed by atoms with Gasteiger partial charge in [-0.25, -0.2) is 4.39 Å². The van der Waals surface area contributed by atoms with Gasteiger partial charge in [0.1, 0.15) is 11.2 Å². The molecule has 1 fully saturated rings. The van der Waals surface area contributed by atoms with Crippen molar-refractivity contribution in [3.8, 4) is 0 Å². The molecule has 0 saturated carbocycles. The van der Waals surface area contributed by atoms with Gasteiger partial charge in [0.15, 0.2) is 0 Å². The molecule has 0 aromatic heterocycles. The molecule has 14 heavy (non-hydrogen) atoms. The first-order valence-corrected chi connectivity index (χ1v) is 4.29. The standard InChI is InChI=1S/C10H10FNO2/c11-8-3-1-7(2-4-8)10(9(12)13)5-14-6-10/h1-4H,5-6H2,(H2,12,13). The number of hydrogen-bond acceptors (Lipinski definition) is 2. The van der Waals surface area contributed by atoms with Gasteiger partial charge < -0.3 is 10.5 Å². The predicted molar refractivity (Wildman–Crippen MR) is 48.1 cm³/mol. The molecule has 1 aromatic carbocycles. The van der Waals surface area contributed by atoms with Crippen LogP contribution in [0.5, 0.6) is 0 Å². The largest absolute Gasteiger partial charge is 0.378 e. The molecule has 1 saturated heterocycles. The zero-order valence-corrected chi connectivity index (χ0v) is 7.50. The Balaban J connectivity index is 2.37. The SMILES string of the molecule is NC(=O)C1(c2ccc(F)cc2)COC1. The summed E-state index contributed by atoms with van der Waals surface area (Å²) in [4.78, 5) is 11.2. The zero-order valence-electron chi connectivity index (χ0n) is 7.50. The van der Waals surface area contributed by atoms with Gasteiger partial charge in [0.05, 0.1) is 13.2 Å². The molecule has 1 aromatic rings. The van der Waals surface area contributed by atoms with Crippen LogP contribution in [0.15, 0.2) is 24.3 Å². The topological polar surface area (TPSA) is 52.3 Å². The molecule has 1 aliphatic heterocycles. The zero-order chi connectivity index (χ0) is 10.2. The summed E-state index contributed by atoms with van der Waals surface area (Å²) in [6.07, 6.45) is 0. The number of halogens is 1. The number of carbonyl (C=O) groups excluding carboxylic acids is 1. The van der Waals surface area contributed by atoms with Gasteiger partial charge in [-0.15, -0.1) is 0 Å². The van der Waals surface area contributed by atoms with E-state index in [0.29, 0.717) is 0 Å². The summed E-state index contributed by atoms with van der Waals surface area (Å²) in [5.41, 5.74) is 5.27. The molecule has 0 atom stereocenters. The summed E-state index contributed by atoms with van der Waals surface area (Å²) in [6, 6.07) is 5.78. The van der Waals surface area contributed by atoms with Crippen LogP contribution in [0.1, 0.15) is 5.56 Å². The van der Waals surface area contributed by atoms with Gasteiger partial charge in [0.25, 0.3) is 0 Å². The van der Waals surface area contributed by atoms with E-state index in [4.69, 9.17) is 10.5 Å². The van der Waals surface area contributed by atoms with Gasteiger partial charge >= 0.3 is 0 Å². The minimum absolute atomic E-state index is 0.286. The van der Waals surface area contributed by atoms with Crippen molar-refractivity contribution in [2.45, 2.75) is 5.41 Å². The molecule has 0 radical (unpaired) electrons. The normalized spacial score (nSPS) is 18.6. The van der Waals surface area contributed by atoms with E-state index in [1.807, 2.05) is 0 Å². The third-order valence-corrected chi connectivity index (χ3v) is 2.57. The maximum absolute atomic E-state index is 12.7. The Labute approximate surface area is 80.7 Å². The van der Waals surface area contributed by atoms with Gasteiger partial charge in [0, 0.05) is 0 Å². The van der Waals surface area contributed by atoms with Crippen LogP contribution in [0, 0.1) is 5.82 Å². The molecule has 4 heteroatoms. The Kier molecular flexibility index (Phi) is 2.00. The first-order valence-electron chi connectivity index (χ1n) is 4.29. The van der Waals surface area contributed by atoms with E-state index in [1.165, 1.54) is 12.1 Å². The lowest BCUT2D eigenvalue weighted by atomic mass is 9.78. The van der Waals surface area contributed by atoms with Crippen LogP contribution in [-0.2, 0) is 14.9 Å². The highest BCUT2D eigenvalue weighted by atomic mass is 19.1. The average molecular weight is 195 g/mol. The minimum atomic E-state index is -0.742. The van der Waals surface area contributed by atoms with Crippen LogP contribution >= 0.6 is 0 Å². The van der Waals surface area contributed by atoms with E-state index in [1.54, 1.807) is 12.1 Å². The molecule has 0 unspecified atom stereocenters. The number of amides is 1. The fraction of sp³-hybridized carbons (Fsp3) is 0.300. The van der Waals surface area contributed by atoms with Gasteiger partial charge in [0.2, 0.25) is 5.91 Å². The lowest BCUT2D eigenvalue weighted by Crippen LogP contribution is -2.56. The van der Waals surface area contributed by atoms with Gasteiger partial charge in [-0.3, -0.25) is 4.79 Å². The van der Waals surface area contributed by atoms with E-state index in [-0.39, 0.29) is 19.0 Å². The predicted octanol–water partition coefficient (Wildman–Crippen LogP) is 0.579. The third-order valence-electron chi connectivity index (χ3n) is 2.57. The molecule has 74 valence electrons. The summed E-state index contributed by atoms with van der Waals surface area (Å²) in [7, 11) is 0. The van der Waals surface area contributed by atoms with Crippen LogP contribution in [-0.4, -0.2) is 19.1 Å². The van der Waals surface area contributed by atoms with Crippen molar-refractivity contribution in [2.75, 3.05) is 13.2 Å². The molecule has 1 amide bonds. The van der Waals surface area contributed by atoms with Crippen molar-refractivity contribution in [3.63, 3.8) is 0 Å². The number of rotatable bonds is 2. The minimum Gasteiger partial charge on any atom is -0.378 e. The van der Waals surface area contributed by atoms with Gasteiger partial charge in [-0.2, -0.15) is 0 Å². The van der Waals surface area contributed by atoms with E-state index >= 15 is 0 Å². The highest BCUT2D eigenvalue weighted by molar-refractivity contribution is 5.88. The van der Waals surface area contributed by atoms with Gasteiger partial charge in [-0.05, 0) is 17.7 Å². The molecule has 3 nitrogen and oxygen atoms in total. The molecule has 1 aliphatic rings. The summed E-state index contributed by atoms with van der Waals surface area (Å²) in [5.74, 6) is -0.746. The number of nitrogens with two attached hydrogens (primary N) is 1. The molecule has 2 N–H and O–H groups in total. The first kappa shape index (κ1) is 9.15. The Hall–Kier alpha value is -1.42.